The van der Waals surface area contributed by atoms with Gasteiger partial charge < -0.3 is 10.5 Å². The molecule has 0 spiro atoms. The minimum absolute atomic E-state index is 0.0715. The van der Waals surface area contributed by atoms with Crippen molar-refractivity contribution in [2.75, 3.05) is 6.61 Å². The first-order valence-corrected chi connectivity index (χ1v) is 5.17. The lowest BCUT2D eigenvalue weighted by Crippen LogP contribution is -2.23. The number of hydrogen-bond donors (Lipinski definition) is 1. The van der Waals surface area contributed by atoms with E-state index in [9.17, 15) is 0 Å². The molecule has 1 unspecified atom stereocenters. The maximum Gasteiger partial charge on any atom is 0.156 e. The van der Waals surface area contributed by atoms with Gasteiger partial charge in [0.1, 0.15) is 6.61 Å². The van der Waals surface area contributed by atoms with Crippen molar-refractivity contribution >= 4 is 34.8 Å². The molecule has 0 aliphatic carbocycles. The van der Waals surface area contributed by atoms with Gasteiger partial charge in [-0.15, -0.1) is 0 Å². The Hall–Kier alpha value is -0.150. The highest BCUT2D eigenvalue weighted by Gasteiger charge is 2.09. The van der Waals surface area contributed by atoms with E-state index in [4.69, 9.17) is 45.3 Å². The van der Waals surface area contributed by atoms with Crippen LogP contribution in [0.1, 0.15) is 6.92 Å². The molecule has 0 fully saturated rings. The summed E-state index contributed by atoms with van der Waals surface area (Å²) in [5, 5.41) is 1.26. The van der Waals surface area contributed by atoms with Crippen molar-refractivity contribution in [1.29, 1.82) is 0 Å². The Balaban J connectivity index is 2.86. The molecule has 0 amide bonds. The molecule has 14 heavy (non-hydrogen) atoms. The molecule has 0 saturated heterocycles. The van der Waals surface area contributed by atoms with E-state index in [1.54, 1.807) is 12.1 Å². The smallest absolute Gasteiger partial charge is 0.156 e. The lowest BCUT2D eigenvalue weighted by atomic mass is 10.3. The summed E-state index contributed by atoms with van der Waals surface area (Å²) >= 11 is 17.5. The van der Waals surface area contributed by atoms with Crippen molar-refractivity contribution in [3.63, 3.8) is 0 Å². The second kappa shape index (κ2) is 5.08. The molecule has 1 aromatic rings. The Bertz CT molecular complexity index is 305. The Morgan fingerprint density at radius 2 is 1.79 bits per heavy atom. The summed E-state index contributed by atoms with van der Waals surface area (Å²) in [5.41, 5.74) is 5.53. The zero-order chi connectivity index (χ0) is 10.7. The molecule has 5 heteroatoms. The molecule has 1 aromatic carbocycles. The van der Waals surface area contributed by atoms with Crippen LogP contribution in [0.2, 0.25) is 15.1 Å². The van der Waals surface area contributed by atoms with E-state index in [0.717, 1.165) is 0 Å². The van der Waals surface area contributed by atoms with Crippen molar-refractivity contribution in [1.82, 2.24) is 0 Å². The van der Waals surface area contributed by atoms with E-state index in [0.29, 0.717) is 27.4 Å². The second-order valence-corrected chi connectivity index (χ2v) is 4.24. The average Bonchev–Trinajstić information content (AvgIpc) is 2.01. The Morgan fingerprint density at radius 3 is 2.21 bits per heavy atom. The number of benzene rings is 1. The third-order valence-electron chi connectivity index (χ3n) is 1.45. The van der Waals surface area contributed by atoms with Crippen molar-refractivity contribution in [3.8, 4) is 5.75 Å². The van der Waals surface area contributed by atoms with Crippen LogP contribution in [0.4, 0.5) is 0 Å². The van der Waals surface area contributed by atoms with E-state index in [-0.39, 0.29) is 6.04 Å². The van der Waals surface area contributed by atoms with Gasteiger partial charge in [-0.2, -0.15) is 0 Å². The molecule has 78 valence electrons. The standard InChI is InChI=1S/C9H10Cl3NO/c1-5(13)4-14-9-7(11)2-6(10)3-8(9)12/h2-3,5H,4,13H2,1H3. The summed E-state index contributed by atoms with van der Waals surface area (Å²) in [5.74, 6) is 0.426. The number of hydrogen-bond acceptors (Lipinski definition) is 2. The van der Waals surface area contributed by atoms with Gasteiger partial charge in [-0.25, -0.2) is 0 Å². The Kier molecular flexibility index (Phi) is 4.32. The predicted molar refractivity (Wildman–Crippen MR) is 60.6 cm³/mol. The van der Waals surface area contributed by atoms with Crippen LogP contribution >= 0.6 is 34.8 Å². The van der Waals surface area contributed by atoms with Gasteiger partial charge in [-0.3, -0.25) is 0 Å². The molecule has 0 saturated carbocycles. The van der Waals surface area contributed by atoms with Crippen LogP contribution in [0.25, 0.3) is 0 Å². The molecule has 0 heterocycles. The minimum atomic E-state index is -0.0715. The van der Waals surface area contributed by atoms with Gasteiger partial charge >= 0.3 is 0 Å². The Morgan fingerprint density at radius 1 is 1.29 bits per heavy atom. The molecule has 0 bridgehead atoms. The highest BCUT2D eigenvalue weighted by molar-refractivity contribution is 6.40. The lowest BCUT2D eigenvalue weighted by molar-refractivity contribution is 0.296. The third kappa shape index (κ3) is 3.21. The van der Waals surface area contributed by atoms with Gasteiger partial charge in [0.15, 0.2) is 5.75 Å². The van der Waals surface area contributed by atoms with E-state index in [1.807, 2.05) is 6.92 Å². The van der Waals surface area contributed by atoms with Crippen molar-refractivity contribution in [2.24, 2.45) is 5.73 Å². The van der Waals surface area contributed by atoms with Crippen LogP contribution in [0.3, 0.4) is 0 Å². The first-order valence-electron chi connectivity index (χ1n) is 4.03. The van der Waals surface area contributed by atoms with E-state index in [2.05, 4.69) is 0 Å². The highest BCUT2D eigenvalue weighted by Crippen LogP contribution is 2.35. The molecule has 2 nitrogen and oxygen atoms in total. The number of rotatable bonds is 3. The number of ether oxygens (including phenoxy) is 1. The molecule has 1 atom stereocenters. The monoisotopic (exact) mass is 253 g/mol. The van der Waals surface area contributed by atoms with Gasteiger partial charge in [0.05, 0.1) is 10.0 Å². The average molecular weight is 255 g/mol. The van der Waals surface area contributed by atoms with Crippen LogP contribution in [-0.2, 0) is 0 Å². The van der Waals surface area contributed by atoms with Crippen LogP contribution < -0.4 is 10.5 Å². The van der Waals surface area contributed by atoms with Crippen LogP contribution in [-0.4, -0.2) is 12.6 Å². The van der Waals surface area contributed by atoms with Crippen LogP contribution in [0.5, 0.6) is 5.75 Å². The van der Waals surface area contributed by atoms with Gasteiger partial charge in [-0.1, -0.05) is 34.8 Å². The SMILES string of the molecule is CC(N)COc1c(Cl)cc(Cl)cc1Cl. The van der Waals surface area contributed by atoms with Gasteiger partial charge in [0.2, 0.25) is 0 Å². The predicted octanol–water partition coefficient (Wildman–Crippen LogP) is 3.37. The molecule has 0 aliphatic rings. The van der Waals surface area contributed by atoms with Crippen molar-refractivity contribution in [3.05, 3.63) is 27.2 Å². The van der Waals surface area contributed by atoms with E-state index < -0.39 is 0 Å². The van der Waals surface area contributed by atoms with Crippen molar-refractivity contribution in [2.45, 2.75) is 13.0 Å². The first-order chi connectivity index (χ1) is 6.50. The number of nitrogens with two attached hydrogens (primary N) is 1. The molecule has 0 aliphatic heterocycles. The van der Waals surface area contributed by atoms with Crippen LogP contribution in [0.15, 0.2) is 12.1 Å². The molecule has 1 rings (SSSR count). The maximum absolute atomic E-state index is 5.88. The molecule has 2 N–H and O–H groups in total. The zero-order valence-electron chi connectivity index (χ0n) is 7.56. The van der Waals surface area contributed by atoms with E-state index >= 15 is 0 Å². The largest absolute Gasteiger partial charge is 0.489 e. The normalized spacial score (nSPS) is 12.6. The van der Waals surface area contributed by atoms with Gasteiger partial charge in [0, 0.05) is 11.1 Å². The van der Waals surface area contributed by atoms with Gasteiger partial charge in [-0.05, 0) is 19.1 Å². The number of halogens is 3. The molecular formula is C9H10Cl3NO. The maximum atomic E-state index is 5.88. The van der Waals surface area contributed by atoms with E-state index in [1.165, 1.54) is 0 Å². The fraction of sp³-hybridized carbons (Fsp3) is 0.333. The zero-order valence-corrected chi connectivity index (χ0v) is 9.83. The minimum Gasteiger partial charge on any atom is -0.489 e. The molecule has 0 aromatic heterocycles. The fourth-order valence-electron chi connectivity index (χ4n) is 0.882. The third-order valence-corrected chi connectivity index (χ3v) is 2.23. The molecule has 0 radical (unpaired) electrons. The summed E-state index contributed by atoms with van der Waals surface area (Å²) in [4.78, 5) is 0. The molecular weight excluding hydrogens is 244 g/mol. The quantitative estimate of drug-likeness (QED) is 0.897. The summed E-state index contributed by atoms with van der Waals surface area (Å²) in [6, 6.07) is 3.08. The highest BCUT2D eigenvalue weighted by atomic mass is 35.5. The lowest BCUT2D eigenvalue weighted by Gasteiger charge is -2.11. The topological polar surface area (TPSA) is 35.2 Å². The summed E-state index contributed by atoms with van der Waals surface area (Å²) in [7, 11) is 0. The van der Waals surface area contributed by atoms with Gasteiger partial charge in [0.25, 0.3) is 0 Å². The van der Waals surface area contributed by atoms with Crippen LogP contribution in [0, 0.1) is 0 Å². The van der Waals surface area contributed by atoms with Crippen molar-refractivity contribution < 1.29 is 4.74 Å². The summed E-state index contributed by atoms with van der Waals surface area (Å²) < 4.78 is 5.34. The fourth-order valence-corrected chi connectivity index (χ4v) is 1.81. The first kappa shape index (κ1) is 11.9. The summed E-state index contributed by atoms with van der Waals surface area (Å²) in [6.45, 7) is 2.19. The summed E-state index contributed by atoms with van der Waals surface area (Å²) in [6.07, 6.45) is 0. The Labute approximate surface area is 97.9 Å². The second-order valence-electron chi connectivity index (χ2n) is 2.99.